The molecule has 2 aromatic rings. The molecule has 2 amide bonds. The Bertz CT molecular complexity index is 746. The Hall–Kier alpha value is -2.69. The summed E-state index contributed by atoms with van der Waals surface area (Å²) < 4.78 is 12.9. The van der Waals surface area contributed by atoms with Gasteiger partial charge in [0.15, 0.2) is 0 Å². The van der Waals surface area contributed by atoms with Crippen LogP contribution in [-0.2, 0) is 16.0 Å². The van der Waals surface area contributed by atoms with Crippen molar-refractivity contribution < 1.29 is 14.0 Å². The third-order valence-electron chi connectivity index (χ3n) is 4.67. The van der Waals surface area contributed by atoms with Crippen molar-refractivity contribution in [2.75, 3.05) is 18.0 Å². The molecule has 26 heavy (non-hydrogen) atoms. The molecule has 1 aliphatic rings. The summed E-state index contributed by atoms with van der Waals surface area (Å²) in [5.41, 5.74) is 1.93. The molecule has 0 spiro atoms. The van der Waals surface area contributed by atoms with Gasteiger partial charge >= 0.3 is 0 Å². The van der Waals surface area contributed by atoms with Crippen molar-refractivity contribution in [1.29, 1.82) is 0 Å². The maximum Gasteiger partial charge on any atom is 0.227 e. The first-order chi connectivity index (χ1) is 12.6. The minimum Gasteiger partial charge on any atom is -0.356 e. The van der Waals surface area contributed by atoms with Gasteiger partial charge in [-0.05, 0) is 49.1 Å². The number of halogens is 1. The van der Waals surface area contributed by atoms with Gasteiger partial charge in [0.1, 0.15) is 5.82 Å². The first-order valence-electron chi connectivity index (χ1n) is 9.01. The van der Waals surface area contributed by atoms with Crippen molar-refractivity contribution in [2.45, 2.75) is 25.7 Å². The van der Waals surface area contributed by atoms with Crippen molar-refractivity contribution in [2.24, 2.45) is 5.92 Å². The maximum absolute atomic E-state index is 12.9. The van der Waals surface area contributed by atoms with Gasteiger partial charge in [0.05, 0.1) is 5.92 Å². The third-order valence-corrected chi connectivity index (χ3v) is 4.67. The van der Waals surface area contributed by atoms with E-state index in [1.54, 1.807) is 17.0 Å². The molecule has 2 aromatic carbocycles. The molecule has 0 bridgehead atoms. The van der Waals surface area contributed by atoms with Gasteiger partial charge in [-0.15, -0.1) is 0 Å². The highest BCUT2D eigenvalue weighted by molar-refractivity contribution is 6.00. The number of rotatable bonds is 7. The summed E-state index contributed by atoms with van der Waals surface area (Å²) in [7, 11) is 0. The highest BCUT2D eigenvalue weighted by atomic mass is 19.1. The summed E-state index contributed by atoms with van der Waals surface area (Å²) in [6, 6.07) is 15.9. The average molecular weight is 354 g/mol. The molecule has 1 unspecified atom stereocenters. The third kappa shape index (κ3) is 4.69. The molecular weight excluding hydrogens is 331 g/mol. The number of aryl methyl sites for hydroxylation is 1. The Morgan fingerprint density at radius 3 is 2.54 bits per heavy atom. The van der Waals surface area contributed by atoms with E-state index >= 15 is 0 Å². The Morgan fingerprint density at radius 1 is 1.08 bits per heavy atom. The van der Waals surface area contributed by atoms with Crippen LogP contribution in [0.15, 0.2) is 54.6 Å². The molecule has 1 heterocycles. The fraction of sp³-hybridized carbons (Fsp3) is 0.333. The van der Waals surface area contributed by atoms with E-state index in [1.165, 1.54) is 12.1 Å². The Kier molecular flexibility index (Phi) is 6.00. The van der Waals surface area contributed by atoms with Crippen LogP contribution in [0.3, 0.4) is 0 Å². The fourth-order valence-electron chi connectivity index (χ4n) is 3.20. The topological polar surface area (TPSA) is 49.4 Å². The van der Waals surface area contributed by atoms with E-state index in [-0.39, 0.29) is 30.0 Å². The largest absolute Gasteiger partial charge is 0.356 e. The average Bonchev–Trinajstić information content (AvgIpc) is 3.05. The van der Waals surface area contributed by atoms with Crippen LogP contribution in [0.4, 0.5) is 10.1 Å². The lowest BCUT2D eigenvalue weighted by atomic mass is 10.1. The molecular formula is C21H23FN2O2. The number of nitrogens with one attached hydrogen (secondary N) is 1. The lowest BCUT2D eigenvalue weighted by Gasteiger charge is -2.16. The Labute approximate surface area is 153 Å². The number of nitrogens with zero attached hydrogens (tertiary/aromatic N) is 1. The second-order valence-corrected chi connectivity index (χ2v) is 6.62. The number of carbonyl (C=O) groups excluding carboxylic acids is 2. The molecule has 0 aromatic heterocycles. The zero-order valence-electron chi connectivity index (χ0n) is 14.7. The van der Waals surface area contributed by atoms with Gasteiger partial charge in [0.25, 0.3) is 0 Å². The van der Waals surface area contributed by atoms with Gasteiger partial charge in [-0.2, -0.15) is 0 Å². The number of anilines is 1. The molecule has 0 radical (unpaired) electrons. The number of hydrogen-bond acceptors (Lipinski definition) is 2. The van der Waals surface area contributed by atoms with E-state index in [9.17, 15) is 14.0 Å². The predicted molar refractivity (Wildman–Crippen MR) is 99.2 cm³/mol. The number of benzene rings is 2. The highest BCUT2D eigenvalue weighted by Gasteiger charge is 2.34. The van der Waals surface area contributed by atoms with E-state index in [0.717, 1.165) is 30.5 Å². The monoisotopic (exact) mass is 354 g/mol. The second kappa shape index (κ2) is 8.61. The Balaban J connectivity index is 1.39. The van der Waals surface area contributed by atoms with Crippen LogP contribution in [0.5, 0.6) is 0 Å². The molecule has 1 atom stereocenters. The maximum atomic E-state index is 12.9. The number of para-hydroxylation sites is 1. The van der Waals surface area contributed by atoms with Crippen LogP contribution in [0.25, 0.3) is 0 Å². The van der Waals surface area contributed by atoms with Crippen LogP contribution in [0.2, 0.25) is 0 Å². The highest BCUT2D eigenvalue weighted by Crippen LogP contribution is 2.24. The Morgan fingerprint density at radius 2 is 1.81 bits per heavy atom. The summed E-state index contributed by atoms with van der Waals surface area (Å²) in [4.78, 5) is 26.2. The number of hydrogen-bond donors (Lipinski definition) is 1. The summed E-state index contributed by atoms with van der Waals surface area (Å²) in [5, 5.41) is 2.93. The quantitative estimate of drug-likeness (QED) is 0.776. The summed E-state index contributed by atoms with van der Waals surface area (Å²) in [6.07, 6.45) is 2.90. The van der Waals surface area contributed by atoms with Crippen LogP contribution in [-0.4, -0.2) is 24.9 Å². The van der Waals surface area contributed by atoms with Crippen molar-refractivity contribution in [3.8, 4) is 0 Å². The minimum absolute atomic E-state index is 0.00680. The molecule has 0 saturated carbocycles. The van der Waals surface area contributed by atoms with Gasteiger partial charge in [-0.3, -0.25) is 9.59 Å². The molecule has 1 aliphatic heterocycles. The van der Waals surface area contributed by atoms with Gasteiger partial charge in [-0.1, -0.05) is 30.3 Å². The van der Waals surface area contributed by atoms with Crippen LogP contribution in [0.1, 0.15) is 24.8 Å². The summed E-state index contributed by atoms with van der Waals surface area (Å²) >= 11 is 0. The van der Waals surface area contributed by atoms with Crippen molar-refractivity contribution in [3.63, 3.8) is 0 Å². The number of amides is 2. The lowest BCUT2D eigenvalue weighted by molar-refractivity contribution is -0.126. The van der Waals surface area contributed by atoms with Crippen molar-refractivity contribution in [1.82, 2.24) is 5.32 Å². The van der Waals surface area contributed by atoms with Crippen molar-refractivity contribution in [3.05, 3.63) is 66.0 Å². The van der Waals surface area contributed by atoms with Crippen LogP contribution < -0.4 is 10.2 Å². The molecule has 1 N–H and O–H groups in total. The number of carbonyl (C=O) groups is 2. The van der Waals surface area contributed by atoms with Gasteiger partial charge in [-0.25, -0.2) is 4.39 Å². The zero-order valence-corrected chi connectivity index (χ0v) is 14.7. The van der Waals surface area contributed by atoms with Crippen LogP contribution >= 0.6 is 0 Å². The summed E-state index contributed by atoms with van der Waals surface area (Å²) in [5.74, 6) is -0.581. The number of unbranched alkanes of at least 4 members (excludes halogenated alkanes) is 1. The van der Waals surface area contributed by atoms with E-state index in [2.05, 4.69) is 5.32 Å². The minimum atomic E-state index is -0.292. The van der Waals surface area contributed by atoms with E-state index in [1.807, 2.05) is 30.3 Å². The van der Waals surface area contributed by atoms with Gasteiger partial charge in [0, 0.05) is 25.2 Å². The smallest absolute Gasteiger partial charge is 0.227 e. The van der Waals surface area contributed by atoms with E-state index in [4.69, 9.17) is 0 Å². The van der Waals surface area contributed by atoms with Crippen LogP contribution in [0, 0.1) is 11.7 Å². The van der Waals surface area contributed by atoms with Gasteiger partial charge in [0.2, 0.25) is 11.8 Å². The van der Waals surface area contributed by atoms with E-state index < -0.39 is 0 Å². The fourth-order valence-corrected chi connectivity index (χ4v) is 3.20. The molecule has 3 rings (SSSR count). The van der Waals surface area contributed by atoms with Gasteiger partial charge < -0.3 is 10.2 Å². The first-order valence-corrected chi connectivity index (χ1v) is 9.01. The molecule has 1 saturated heterocycles. The first kappa shape index (κ1) is 18.1. The summed E-state index contributed by atoms with van der Waals surface area (Å²) in [6.45, 7) is 1.03. The normalized spacial score (nSPS) is 16.7. The molecule has 5 heteroatoms. The predicted octanol–water partition coefficient (Wildman–Crippen LogP) is 3.32. The molecule has 136 valence electrons. The molecule has 1 fully saturated rings. The molecule has 0 aliphatic carbocycles. The molecule has 4 nitrogen and oxygen atoms in total. The standard InChI is InChI=1S/C21H23FN2O2/c22-18-11-9-16(10-12-18)6-4-5-13-23-21(26)17-14-20(25)24(15-17)19-7-2-1-3-8-19/h1-3,7-12,17H,4-6,13-15H2,(H,23,26). The second-order valence-electron chi connectivity index (χ2n) is 6.62. The SMILES string of the molecule is O=C(NCCCCc1ccc(F)cc1)C1CC(=O)N(c2ccccc2)C1. The lowest BCUT2D eigenvalue weighted by Crippen LogP contribution is -2.33. The zero-order chi connectivity index (χ0) is 18.4. The van der Waals surface area contributed by atoms with Crippen molar-refractivity contribution >= 4 is 17.5 Å². The van der Waals surface area contributed by atoms with E-state index in [0.29, 0.717) is 13.1 Å².